The maximum atomic E-state index is 13.1. The largest absolute Gasteiger partial charge is 0.354 e. The number of amidine groups is 1. The van der Waals surface area contributed by atoms with Crippen LogP contribution in [0.25, 0.3) is 4.91 Å². The summed E-state index contributed by atoms with van der Waals surface area (Å²) >= 11 is 0. The highest BCUT2D eigenvalue weighted by Gasteiger charge is 2.34. The molecule has 4 rings (SSSR count). The first-order valence-corrected chi connectivity index (χ1v) is 11.2. The summed E-state index contributed by atoms with van der Waals surface area (Å²) in [5.41, 5.74) is 1.68. The summed E-state index contributed by atoms with van der Waals surface area (Å²) in [6.07, 6.45) is 0.681. The summed E-state index contributed by atoms with van der Waals surface area (Å²) < 4.78 is 42.7. The molecule has 1 fully saturated rings. The average molecular weight is 428 g/mol. The highest BCUT2D eigenvalue weighted by molar-refractivity contribution is 8.00. The van der Waals surface area contributed by atoms with E-state index in [0.717, 1.165) is 0 Å². The molecule has 0 radical (unpaired) electrons. The van der Waals surface area contributed by atoms with Gasteiger partial charge in [-0.25, -0.2) is 4.39 Å². The van der Waals surface area contributed by atoms with E-state index >= 15 is 0 Å². The van der Waals surface area contributed by atoms with E-state index in [-0.39, 0.29) is 16.6 Å². The minimum absolute atomic E-state index is 0.157. The van der Waals surface area contributed by atoms with Gasteiger partial charge in [0.25, 0.3) is 15.9 Å². The first-order chi connectivity index (χ1) is 14.4. The molecule has 2 aromatic rings. The summed E-state index contributed by atoms with van der Waals surface area (Å²) in [5, 5.41) is 0. The molecule has 0 atom stereocenters. The Labute approximate surface area is 175 Å². The first kappa shape index (κ1) is 20.3. The van der Waals surface area contributed by atoms with Gasteiger partial charge in [0, 0.05) is 37.3 Å². The van der Waals surface area contributed by atoms with Crippen LogP contribution >= 0.6 is 0 Å². The molecular weight excluding hydrogens is 405 g/mol. The molecule has 156 valence electrons. The number of benzene rings is 2. The van der Waals surface area contributed by atoms with Crippen LogP contribution in [0.2, 0.25) is 0 Å². The van der Waals surface area contributed by atoms with E-state index in [9.17, 15) is 17.6 Å². The number of hydrogen-bond donors (Lipinski definition) is 0. The molecule has 0 unspecified atom stereocenters. The van der Waals surface area contributed by atoms with Gasteiger partial charge in [-0.15, -0.1) is 4.40 Å². The van der Waals surface area contributed by atoms with Gasteiger partial charge >= 0.3 is 0 Å². The Morgan fingerprint density at radius 3 is 2.37 bits per heavy atom. The van der Waals surface area contributed by atoms with Crippen molar-refractivity contribution in [3.63, 3.8) is 0 Å². The smallest absolute Gasteiger partial charge is 0.285 e. The average Bonchev–Trinajstić information content (AvgIpc) is 2.89. The monoisotopic (exact) mass is 427 g/mol. The lowest BCUT2D eigenvalue weighted by atomic mass is 10.1. The second-order valence-electron chi connectivity index (χ2n) is 7.35. The molecule has 2 heterocycles. The third kappa shape index (κ3) is 3.87. The lowest BCUT2D eigenvalue weighted by Crippen LogP contribution is -2.37. The Bertz CT molecular complexity index is 1130. The van der Waals surface area contributed by atoms with Gasteiger partial charge in [-0.05, 0) is 43.2 Å². The highest BCUT2D eigenvalue weighted by atomic mass is 32.2. The van der Waals surface area contributed by atoms with Gasteiger partial charge in [0.2, 0.25) is 0 Å². The van der Waals surface area contributed by atoms with Crippen LogP contribution in [0.15, 0.2) is 64.6 Å². The molecule has 0 aromatic heterocycles. The highest BCUT2D eigenvalue weighted by Crippen LogP contribution is 2.33. The molecule has 2 aliphatic heterocycles. The molecule has 1 amide bonds. The summed E-state index contributed by atoms with van der Waals surface area (Å²) in [4.78, 5) is 16.6. The zero-order valence-corrected chi connectivity index (χ0v) is 17.4. The molecular formula is C22H22FN3O3S. The quantitative estimate of drug-likeness (QED) is 0.738. The third-order valence-electron chi connectivity index (χ3n) is 5.35. The number of rotatable bonds is 2. The Balaban J connectivity index is 1.54. The minimum atomic E-state index is -3.77. The van der Waals surface area contributed by atoms with Crippen molar-refractivity contribution in [2.24, 2.45) is 4.40 Å². The second kappa shape index (κ2) is 8.02. The summed E-state index contributed by atoms with van der Waals surface area (Å²) in [6, 6.07) is 14.5. The van der Waals surface area contributed by atoms with Crippen molar-refractivity contribution in [2.45, 2.75) is 13.3 Å². The van der Waals surface area contributed by atoms with Crippen molar-refractivity contribution in [2.75, 3.05) is 26.2 Å². The van der Waals surface area contributed by atoms with Crippen LogP contribution in [0.5, 0.6) is 0 Å². The topological polar surface area (TPSA) is 70.1 Å². The van der Waals surface area contributed by atoms with Crippen molar-refractivity contribution in [1.82, 2.24) is 9.80 Å². The van der Waals surface area contributed by atoms with E-state index in [0.29, 0.717) is 55.1 Å². The summed E-state index contributed by atoms with van der Waals surface area (Å²) in [5.74, 6) is -0.0921. The van der Waals surface area contributed by atoms with Gasteiger partial charge in [0.1, 0.15) is 16.6 Å². The lowest BCUT2D eigenvalue weighted by molar-refractivity contribution is 0.0764. The summed E-state index contributed by atoms with van der Waals surface area (Å²) in [6.45, 7) is 3.82. The number of sulfonamides is 1. The molecule has 2 aliphatic rings. The van der Waals surface area contributed by atoms with E-state index in [1.165, 1.54) is 24.3 Å². The zero-order valence-electron chi connectivity index (χ0n) is 16.6. The third-order valence-corrected chi connectivity index (χ3v) is 6.82. The standard InChI is InChI=1S/C22H22FN3O3S/c1-16-20(17-6-3-2-4-7-17)30(28,29)24-21(16)25-12-5-13-26(15-14-25)22(27)18-8-10-19(23)11-9-18/h2-4,6-11H,5,12-15H2,1H3. The fraction of sp³-hybridized carbons (Fsp3) is 0.273. The summed E-state index contributed by atoms with van der Waals surface area (Å²) in [7, 11) is -3.77. The fourth-order valence-electron chi connectivity index (χ4n) is 3.88. The molecule has 2 aromatic carbocycles. The Kier molecular flexibility index (Phi) is 5.42. The van der Waals surface area contributed by atoms with Crippen molar-refractivity contribution in [3.05, 3.63) is 77.1 Å². The van der Waals surface area contributed by atoms with Crippen LogP contribution in [-0.4, -0.2) is 56.1 Å². The van der Waals surface area contributed by atoms with Gasteiger partial charge in [-0.3, -0.25) is 4.79 Å². The Hall–Kier alpha value is -3.00. The number of nitrogens with zero attached hydrogens (tertiary/aromatic N) is 3. The van der Waals surface area contributed by atoms with Crippen LogP contribution < -0.4 is 0 Å². The van der Waals surface area contributed by atoms with Gasteiger partial charge in [-0.2, -0.15) is 8.42 Å². The van der Waals surface area contributed by atoms with E-state index < -0.39 is 10.0 Å². The van der Waals surface area contributed by atoms with Gasteiger partial charge in [0.15, 0.2) is 0 Å². The SMILES string of the molecule is CC1=C(c2ccccc2)S(=O)(=O)N=C1N1CCCN(C(=O)c2ccc(F)cc2)CC1. The van der Waals surface area contributed by atoms with Crippen molar-refractivity contribution < 1.29 is 17.6 Å². The molecule has 0 N–H and O–H groups in total. The van der Waals surface area contributed by atoms with Crippen LogP contribution in [0.3, 0.4) is 0 Å². The molecule has 0 saturated carbocycles. The molecule has 0 bridgehead atoms. The Morgan fingerprint density at radius 2 is 1.67 bits per heavy atom. The van der Waals surface area contributed by atoms with Gasteiger partial charge in [-0.1, -0.05) is 30.3 Å². The van der Waals surface area contributed by atoms with E-state index in [1.807, 2.05) is 11.0 Å². The van der Waals surface area contributed by atoms with Gasteiger partial charge in [0.05, 0.1) is 0 Å². The molecule has 6 nitrogen and oxygen atoms in total. The van der Waals surface area contributed by atoms with Crippen LogP contribution in [0.4, 0.5) is 4.39 Å². The molecule has 8 heteroatoms. The minimum Gasteiger partial charge on any atom is -0.354 e. The Morgan fingerprint density at radius 1 is 0.967 bits per heavy atom. The van der Waals surface area contributed by atoms with Crippen molar-refractivity contribution >= 4 is 26.7 Å². The van der Waals surface area contributed by atoms with Crippen molar-refractivity contribution in [3.8, 4) is 0 Å². The zero-order chi connectivity index (χ0) is 21.3. The fourth-order valence-corrected chi connectivity index (χ4v) is 5.36. The van der Waals surface area contributed by atoms with E-state index in [4.69, 9.17) is 0 Å². The number of hydrogen-bond acceptors (Lipinski definition) is 4. The van der Waals surface area contributed by atoms with Crippen molar-refractivity contribution in [1.29, 1.82) is 0 Å². The predicted molar refractivity (Wildman–Crippen MR) is 114 cm³/mol. The normalized spacial score (nSPS) is 18.9. The molecule has 1 saturated heterocycles. The van der Waals surface area contributed by atoms with Crippen LogP contribution in [0.1, 0.15) is 29.3 Å². The molecule has 30 heavy (non-hydrogen) atoms. The number of carbonyl (C=O) groups excluding carboxylic acids is 1. The number of halogens is 1. The van der Waals surface area contributed by atoms with Gasteiger partial charge < -0.3 is 9.80 Å². The maximum Gasteiger partial charge on any atom is 0.285 e. The van der Waals surface area contributed by atoms with E-state index in [2.05, 4.69) is 4.40 Å². The van der Waals surface area contributed by atoms with Crippen LogP contribution in [-0.2, 0) is 10.0 Å². The second-order valence-corrected chi connectivity index (χ2v) is 8.89. The molecule has 0 spiro atoms. The number of amides is 1. The first-order valence-electron chi connectivity index (χ1n) is 9.78. The number of carbonyl (C=O) groups is 1. The predicted octanol–water partition coefficient (Wildman–Crippen LogP) is 3.15. The van der Waals surface area contributed by atoms with E-state index in [1.54, 1.807) is 36.1 Å². The molecule has 0 aliphatic carbocycles. The van der Waals surface area contributed by atoms with Crippen LogP contribution in [0, 0.1) is 5.82 Å². The maximum absolute atomic E-state index is 13.1. The lowest BCUT2D eigenvalue weighted by Gasteiger charge is -2.23.